The summed E-state index contributed by atoms with van der Waals surface area (Å²) in [6.07, 6.45) is 10.1. The minimum Gasteiger partial charge on any atom is -0.356 e. The van der Waals surface area contributed by atoms with Gasteiger partial charge in [-0.25, -0.2) is 4.98 Å². The molecule has 0 amide bonds. The molecule has 1 heterocycles. The highest BCUT2D eigenvalue weighted by Gasteiger charge is 2.02. The number of rotatable bonds is 9. The van der Waals surface area contributed by atoms with Crippen molar-refractivity contribution in [3.63, 3.8) is 0 Å². The number of hydrogen-bond donors (Lipinski definition) is 1. The third-order valence-electron chi connectivity index (χ3n) is 3.05. The van der Waals surface area contributed by atoms with Crippen molar-refractivity contribution in [2.75, 3.05) is 11.9 Å². The Morgan fingerprint density at radius 3 is 2.53 bits per heavy atom. The highest BCUT2D eigenvalue weighted by atomic mass is 15.2. The third kappa shape index (κ3) is 5.24. The number of anilines is 1. The highest BCUT2D eigenvalue weighted by molar-refractivity contribution is 5.28. The molecule has 0 saturated carbocycles. The van der Waals surface area contributed by atoms with E-state index in [9.17, 15) is 0 Å². The Balaban J connectivity index is 2.13. The van der Waals surface area contributed by atoms with Crippen molar-refractivity contribution in [2.45, 2.75) is 65.8 Å². The summed E-state index contributed by atoms with van der Waals surface area (Å²) in [5, 5.41) is 3.43. The molecule has 3 nitrogen and oxygen atoms in total. The van der Waals surface area contributed by atoms with E-state index >= 15 is 0 Å². The monoisotopic (exact) mass is 237 g/mol. The lowest BCUT2D eigenvalue weighted by molar-refractivity contribution is 0.615. The van der Waals surface area contributed by atoms with Crippen molar-refractivity contribution in [3.05, 3.63) is 11.9 Å². The first-order valence-corrected chi connectivity index (χ1v) is 7.05. The molecule has 0 radical (unpaired) electrons. The van der Waals surface area contributed by atoms with Gasteiger partial charge in [-0.05, 0) is 20.3 Å². The van der Waals surface area contributed by atoms with Crippen LogP contribution >= 0.6 is 0 Å². The van der Waals surface area contributed by atoms with Crippen LogP contribution in [0.15, 0.2) is 6.20 Å². The van der Waals surface area contributed by atoms with Crippen molar-refractivity contribution >= 4 is 5.95 Å². The Labute approximate surface area is 106 Å². The van der Waals surface area contributed by atoms with Crippen LogP contribution < -0.4 is 5.32 Å². The summed E-state index contributed by atoms with van der Waals surface area (Å²) in [6, 6.07) is 0. The average molecular weight is 237 g/mol. The Morgan fingerprint density at radius 2 is 1.82 bits per heavy atom. The predicted octanol–water partition coefficient (Wildman–Crippen LogP) is 3.98. The molecule has 0 spiro atoms. The zero-order valence-electron chi connectivity index (χ0n) is 11.6. The molecule has 0 bridgehead atoms. The summed E-state index contributed by atoms with van der Waals surface area (Å²) in [5.74, 6) is 1.03. The Kier molecular flexibility index (Phi) is 6.75. The minimum absolute atomic E-state index is 0.986. The van der Waals surface area contributed by atoms with Gasteiger partial charge in [0.05, 0.1) is 5.69 Å². The molecule has 0 unspecified atom stereocenters. The molecule has 0 fully saturated rings. The van der Waals surface area contributed by atoms with E-state index in [4.69, 9.17) is 0 Å². The van der Waals surface area contributed by atoms with Gasteiger partial charge in [-0.2, -0.15) is 0 Å². The molecule has 1 aromatic heterocycles. The van der Waals surface area contributed by atoms with E-state index in [1.807, 2.05) is 6.92 Å². The van der Waals surface area contributed by atoms with E-state index in [0.29, 0.717) is 0 Å². The van der Waals surface area contributed by atoms with Gasteiger partial charge in [0.25, 0.3) is 0 Å². The smallest absolute Gasteiger partial charge is 0.203 e. The maximum absolute atomic E-state index is 4.48. The molecule has 3 heteroatoms. The molecule has 17 heavy (non-hydrogen) atoms. The Morgan fingerprint density at radius 1 is 1.12 bits per heavy atom. The lowest BCUT2D eigenvalue weighted by atomic mass is 10.1. The third-order valence-corrected chi connectivity index (χ3v) is 3.05. The highest BCUT2D eigenvalue weighted by Crippen LogP contribution is 2.09. The first kappa shape index (κ1) is 14.1. The van der Waals surface area contributed by atoms with Crippen LogP contribution in [0.5, 0.6) is 0 Å². The Hall–Kier alpha value is -0.990. The number of nitrogens with zero attached hydrogens (tertiary/aromatic N) is 2. The summed E-state index contributed by atoms with van der Waals surface area (Å²) in [4.78, 5) is 4.48. The summed E-state index contributed by atoms with van der Waals surface area (Å²) in [7, 11) is 0. The van der Waals surface area contributed by atoms with Gasteiger partial charge in [0, 0.05) is 19.3 Å². The van der Waals surface area contributed by atoms with Crippen LogP contribution in [0.25, 0.3) is 0 Å². The first-order valence-electron chi connectivity index (χ1n) is 7.05. The lowest BCUT2D eigenvalue weighted by Gasteiger charge is -2.07. The van der Waals surface area contributed by atoms with E-state index in [2.05, 4.69) is 34.9 Å². The first-order chi connectivity index (χ1) is 8.27. The maximum Gasteiger partial charge on any atom is 0.203 e. The molecule has 1 rings (SSSR count). The Bertz CT molecular complexity index is 304. The van der Waals surface area contributed by atoms with Gasteiger partial charge in [0.1, 0.15) is 0 Å². The van der Waals surface area contributed by atoms with Gasteiger partial charge in [-0.1, -0.05) is 39.0 Å². The van der Waals surface area contributed by atoms with Crippen molar-refractivity contribution in [2.24, 2.45) is 0 Å². The van der Waals surface area contributed by atoms with Gasteiger partial charge in [-0.3, -0.25) is 0 Å². The van der Waals surface area contributed by atoms with E-state index < -0.39 is 0 Å². The zero-order valence-corrected chi connectivity index (χ0v) is 11.6. The number of hydrogen-bond acceptors (Lipinski definition) is 2. The molecular formula is C14H27N3. The molecule has 1 N–H and O–H groups in total. The number of aromatic nitrogens is 2. The number of unbranched alkanes of at least 4 members (excludes halogenated alkanes) is 5. The fraction of sp³-hybridized carbons (Fsp3) is 0.786. The van der Waals surface area contributed by atoms with Crippen LogP contribution in [0.4, 0.5) is 5.95 Å². The molecule has 0 aromatic carbocycles. The van der Waals surface area contributed by atoms with Gasteiger partial charge < -0.3 is 9.88 Å². The second-order valence-corrected chi connectivity index (χ2v) is 4.69. The minimum atomic E-state index is 0.986. The zero-order chi connectivity index (χ0) is 12.5. The van der Waals surface area contributed by atoms with Gasteiger partial charge in [-0.15, -0.1) is 0 Å². The largest absolute Gasteiger partial charge is 0.356 e. The number of nitrogens with one attached hydrogen (secondary N) is 1. The predicted molar refractivity (Wildman–Crippen MR) is 74.5 cm³/mol. The van der Waals surface area contributed by atoms with E-state index in [1.165, 1.54) is 38.5 Å². The standard InChI is InChI=1S/C14H27N3/c1-4-6-7-8-9-10-11-15-14-16-13(3)12-17(14)5-2/h12H,4-11H2,1-3H3,(H,15,16). The molecule has 0 saturated heterocycles. The molecule has 1 aromatic rings. The molecule has 0 aliphatic carbocycles. The average Bonchev–Trinajstić information content (AvgIpc) is 2.68. The van der Waals surface area contributed by atoms with Crippen LogP contribution in [0, 0.1) is 6.92 Å². The van der Waals surface area contributed by atoms with Crippen molar-refractivity contribution in [1.29, 1.82) is 0 Å². The molecule has 0 aliphatic heterocycles. The molecule has 0 aliphatic rings. The van der Waals surface area contributed by atoms with E-state index in [-0.39, 0.29) is 0 Å². The van der Waals surface area contributed by atoms with Gasteiger partial charge >= 0.3 is 0 Å². The van der Waals surface area contributed by atoms with Crippen LogP contribution in [0.2, 0.25) is 0 Å². The van der Waals surface area contributed by atoms with Crippen LogP contribution in [0.3, 0.4) is 0 Å². The molecule has 0 atom stereocenters. The van der Waals surface area contributed by atoms with Crippen molar-refractivity contribution < 1.29 is 0 Å². The van der Waals surface area contributed by atoms with E-state index in [1.54, 1.807) is 0 Å². The van der Waals surface area contributed by atoms with Crippen molar-refractivity contribution in [1.82, 2.24) is 9.55 Å². The van der Waals surface area contributed by atoms with Crippen LogP contribution in [-0.4, -0.2) is 16.1 Å². The van der Waals surface area contributed by atoms with Crippen LogP contribution in [-0.2, 0) is 6.54 Å². The fourth-order valence-corrected chi connectivity index (χ4v) is 2.03. The fourth-order valence-electron chi connectivity index (χ4n) is 2.03. The summed E-state index contributed by atoms with van der Waals surface area (Å²) < 4.78 is 2.17. The van der Waals surface area contributed by atoms with Crippen LogP contribution in [0.1, 0.15) is 58.1 Å². The number of aryl methyl sites for hydroxylation is 2. The normalized spacial score (nSPS) is 10.8. The SMILES string of the molecule is CCCCCCCCNc1nc(C)cn1CC. The second-order valence-electron chi connectivity index (χ2n) is 4.69. The lowest BCUT2D eigenvalue weighted by Crippen LogP contribution is -2.07. The quantitative estimate of drug-likeness (QED) is 0.658. The molecular weight excluding hydrogens is 210 g/mol. The van der Waals surface area contributed by atoms with E-state index in [0.717, 1.165) is 24.7 Å². The van der Waals surface area contributed by atoms with Gasteiger partial charge in [0.15, 0.2) is 0 Å². The maximum atomic E-state index is 4.48. The summed E-state index contributed by atoms with van der Waals surface area (Å²) in [6.45, 7) is 8.48. The number of imidazole rings is 1. The topological polar surface area (TPSA) is 29.9 Å². The summed E-state index contributed by atoms with van der Waals surface area (Å²) >= 11 is 0. The van der Waals surface area contributed by atoms with Gasteiger partial charge in [0.2, 0.25) is 5.95 Å². The summed E-state index contributed by atoms with van der Waals surface area (Å²) in [5.41, 5.74) is 1.09. The van der Waals surface area contributed by atoms with Crippen molar-refractivity contribution in [3.8, 4) is 0 Å². The second kappa shape index (κ2) is 8.15. The molecule has 98 valence electrons.